The van der Waals surface area contributed by atoms with Crippen molar-refractivity contribution in [2.45, 2.75) is 12.8 Å². The van der Waals surface area contributed by atoms with Gasteiger partial charge in [-0.2, -0.15) is 0 Å². The summed E-state index contributed by atoms with van der Waals surface area (Å²) in [5.74, 6) is -0.00226. The molecule has 1 fully saturated rings. The Hall–Kier alpha value is -3.15. The van der Waals surface area contributed by atoms with Crippen molar-refractivity contribution >= 4 is 17.6 Å². The smallest absolute Gasteiger partial charge is 0.258 e. The van der Waals surface area contributed by atoms with Gasteiger partial charge in [0.1, 0.15) is 5.75 Å². The number of likely N-dealkylation sites (tertiary alicyclic amines) is 1. The molecule has 0 aromatic heterocycles. The number of carbonyl (C=O) groups is 3. The minimum Gasteiger partial charge on any atom is -0.484 e. The zero-order valence-corrected chi connectivity index (χ0v) is 15.0. The van der Waals surface area contributed by atoms with Gasteiger partial charge >= 0.3 is 0 Å². The van der Waals surface area contributed by atoms with Gasteiger partial charge in [0.2, 0.25) is 5.91 Å². The third-order valence-corrected chi connectivity index (χ3v) is 4.42. The molecule has 1 heterocycles. The summed E-state index contributed by atoms with van der Waals surface area (Å²) in [6.45, 7) is 1.34. The van der Waals surface area contributed by atoms with Crippen molar-refractivity contribution in [1.82, 2.24) is 10.2 Å². The number of rotatable bonds is 7. The highest BCUT2D eigenvalue weighted by atomic mass is 16.5. The fourth-order valence-electron chi connectivity index (χ4n) is 2.91. The first-order chi connectivity index (χ1) is 13.1. The van der Waals surface area contributed by atoms with Crippen LogP contribution in [-0.2, 0) is 9.59 Å². The largest absolute Gasteiger partial charge is 0.484 e. The standard InChI is InChI=1S/C21H22N2O4/c24-19(22-14-20(25)23-12-4-5-13-23)15-27-18-10-8-17(9-11-18)21(26)16-6-2-1-3-7-16/h1-3,6-11H,4-5,12-15H2,(H,22,24). The Balaban J connectivity index is 1.45. The van der Waals surface area contributed by atoms with Crippen molar-refractivity contribution in [3.63, 3.8) is 0 Å². The summed E-state index contributed by atoms with van der Waals surface area (Å²) < 4.78 is 5.42. The molecular formula is C21H22N2O4. The molecule has 140 valence electrons. The van der Waals surface area contributed by atoms with Gasteiger partial charge in [-0.1, -0.05) is 30.3 Å². The fourth-order valence-corrected chi connectivity index (χ4v) is 2.91. The van der Waals surface area contributed by atoms with E-state index in [9.17, 15) is 14.4 Å². The van der Waals surface area contributed by atoms with Crippen LogP contribution < -0.4 is 10.1 Å². The average Bonchev–Trinajstić information content (AvgIpc) is 3.26. The summed E-state index contributed by atoms with van der Waals surface area (Å²) in [6.07, 6.45) is 2.04. The van der Waals surface area contributed by atoms with E-state index in [1.54, 1.807) is 41.3 Å². The molecule has 27 heavy (non-hydrogen) atoms. The molecule has 6 nitrogen and oxygen atoms in total. The molecule has 0 saturated carbocycles. The lowest BCUT2D eigenvalue weighted by molar-refractivity contribution is -0.132. The van der Waals surface area contributed by atoms with E-state index < -0.39 is 0 Å². The molecular weight excluding hydrogens is 344 g/mol. The Morgan fingerprint density at radius 2 is 1.52 bits per heavy atom. The molecule has 0 bridgehead atoms. The fraction of sp³-hybridized carbons (Fsp3) is 0.286. The number of nitrogens with zero attached hydrogens (tertiary/aromatic N) is 1. The molecule has 0 atom stereocenters. The van der Waals surface area contributed by atoms with Gasteiger partial charge in [0.25, 0.3) is 5.91 Å². The first kappa shape index (κ1) is 18.6. The number of benzene rings is 2. The summed E-state index contributed by atoms with van der Waals surface area (Å²) in [7, 11) is 0. The van der Waals surface area contributed by atoms with Crippen molar-refractivity contribution in [1.29, 1.82) is 0 Å². The number of hydrogen-bond acceptors (Lipinski definition) is 4. The number of ketones is 1. The van der Waals surface area contributed by atoms with Crippen LogP contribution in [0.4, 0.5) is 0 Å². The monoisotopic (exact) mass is 366 g/mol. The van der Waals surface area contributed by atoms with Crippen LogP contribution in [0.25, 0.3) is 0 Å². The van der Waals surface area contributed by atoms with E-state index in [1.165, 1.54) is 0 Å². The number of amides is 2. The van der Waals surface area contributed by atoms with Crippen LogP contribution in [0.1, 0.15) is 28.8 Å². The maximum atomic E-state index is 12.3. The van der Waals surface area contributed by atoms with Crippen molar-refractivity contribution in [3.05, 3.63) is 65.7 Å². The van der Waals surface area contributed by atoms with Gasteiger partial charge < -0.3 is 15.0 Å². The van der Waals surface area contributed by atoms with Crippen LogP contribution in [0.2, 0.25) is 0 Å². The molecule has 0 radical (unpaired) electrons. The lowest BCUT2D eigenvalue weighted by Gasteiger charge is -2.15. The molecule has 0 spiro atoms. The molecule has 3 rings (SSSR count). The number of ether oxygens (including phenoxy) is 1. The first-order valence-corrected chi connectivity index (χ1v) is 9.00. The van der Waals surface area contributed by atoms with Gasteiger partial charge in [0.15, 0.2) is 12.4 Å². The second kappa shape index (κ2) is 8.98. The molecule has 1 aliphatic heterocycles. The van der Waals surface area contributed by atoms with E-state index in [0.29, 0.717) is 16.9 Å². The van der Waals surface area contributed by atoms with Crippen LogP contribution >= 0.6 is 0 Å². The highest BCUT2D eigenvalue weighted by molar-refractivity contribution is 6.09. The van der Waals surface area contributed by atoms with Crippen LogP contribution in [0.5, 0.6) is 5.75 Å². The molecule has 1 saturated heterocycles. The minimum absolute atomic E-state index is 0.00723. The average molecular weight is 366 g/mol. The highest BCUT2D eigenvalue weighted by Gasteiger charge is 2.18. The lowest BCUT2D eigenvalue weighted by atomic mass is 10.0. The second-order valence-corrected chi connectivity index (χ2v) is 6.37. The Morgan fingerprint density at radius 1 is 0.889 bits per heavy atom. The van der Waals surface area contributed by atoms with Crippen molar-refractivity contribution in [2.75, 3.05) is 26.2 Å². The normalized spacial score (nSPS) is 13.3. The maximum absolute atomic E-state index is 12.3. The summed E-state index contributed by atoms with van der Waals surface area (Å²) >= 11 is 0. The summed E-state index contributed by atoms with van der Waals surface area (Å²) in [5.41, 5.74) is 1.17. The summed E-state index contributed by atoms with van der Waals surface area (Å²) in [6, 6.07) is 15.7. The molecule has 0 unspecified atom stereocenters. The van der Waals surface area contributed by atoms with Gasteiger partial charge in [0, 0.05) is 24.2 Å². The summed E-state index contributed by atoms with van der Waals surface area (Å²) in [4.78, 5) is 37.8. The number of nitrogens with one attached hydrogen (secondary N) is 1. The van der Waals surface area contributed by atoms with E-state index >= 15 is 0 Å². The van der Waals surface area contributed by atoms with E-state index in [-0.39, 0.29) is 30.7 Å². The van der Waals surface area contributed by atoms with Gasteiger partial charge in [0.05, 0.1) is 6.54 Å². The van der Waals surface area contributed by atoms with Crippen LogP contribution in [0.3, 0.4) is 0 Å². The minimum atomic E-state index is -0.355. The topological polar surface area (TPSA) is 75.7 Å². The van der Waals surface area contributed by atoms with E-state index in [0.717, 1.165) is 25.9 Å². The third kappa shape index (κ3) is 5.17. The zero-order valence-electron chi connectivity index (χ0n) is 15.0. The number of carbonyl (C=O) groups excluding carboxylic acids is 3. The molecule has 0 aliphatic carbocycles. The van der Waals surface area contributed by atoms with Crippen molar-refractivity contribution in [3.8, 4) is 5.75 Å². The Bertz CT molecular complexity index is 797. The van der Waals surface area contributed by atoms with Gasteiger partial charge in [-0.05, 0) is 37.1 Å². The van der Waals surface area contributed by atoms with Crippen LogP contribution in [0, 0.1) is 0 Å². The molecule has 6 heteroatoms. The van der Waals surface area contributed by atoms with Gasteiger partial charge in [-0.25, -0.2) is 0 Å². The lowest BCUT2D eigenvalue weighted by Crippen LogP contribution is -2.40. The molecule has 1 aliphatic rings. The van der Waals surface area contributed by atoms with Crippen molar-refractivity contribution < 1.29 is 19.1 Å². The number of hydrogen-bond donors (Lipinski definition) is 1. The molecule has 2 aromatic carbocycles. The van der Waals surface area contributed by atoms with Crippen LogP contribution in [0.15, 0.2) is 54.6 Å². The molecule has 1 N–H and O–H groups in total. The predicted octanol–water partition coefficient (Wildman–Crippen LogP) is 2.04. The summed E-state index contributed by atoms with van der Waals surface area (Å²) in [5, 5.41) is 2.57. The quantitative estimate of drug-likeness (QED) is 0.761. The molecule has 2 amide bonds. The second-order valence-electron chi connectivity index (χ2n) is 6.37. The van der Waals surface area contributed by atoms with Gasteiger partial charge in [-0.3, -0.25) is 14.4 Å². The Kier molecular flexibility index (Phi) is 6.20. The Labute approximate surface area is 158 Å². The first-order valence-electron chi connectivity index (χ1n) is 9.00. The SMILES string of the molecule is O=C(COc1ccc(C(=O)c2ccccc2)cc1)NCC(=O)N1CCCC1. The van der Waals surface area contributed by atoms with E-state index in [2.05, 4.69) is 5.32 Å². The maximum Gasteiger partial charge on any atom is 0.258 e. The zero-order chi connectivity index (χ0) is 19.1. The van der Waals surface area contributed by atoms with Crippen molar-refractivity contribution in [2.24, 2.45) is 0 Å². The van der Waals surface area contributed by atoms with E-state index in [4.69, 9.17) is 4.74 Å². The predicted molar refractivity (Wildman–Crippen MR) is 101 cm³/mol. The van der Waals surface area contributed by atoms with Gasteiger partial charge in [-0.15, -0.1) is 0 Å². The molecule has 2 aromatic rings. The Morgan fingerprint density at radius 3 is 2.19 bits per heavy atom. The third-order valence-electron chi connectivity index (χ3n) is 4.42. The highest BCUT2D eigenvalue weighted by Crippen LogP contribution is 2.15. The van der Waals surface area contributed by atoms with E-state index in [1.807, 2.05) is 18.2 Å². The van der Waals surface area contributed by atoms with Crippen LogP contribution in [-0.4, -0.2) is 48.7 Å².